The van der Waals surface area contributed by atoms with E-state index in [-0.39, 0.29) is 5.82 Å². The number of hydrogen-bond donors (Lipinski definition) is 0. The Labute approximate surface area is 114 Å². The molecular formula is C13H15BrFN3. The van der Waals surface area contributed by atoms with Crippen molar-refractivity contribution in [2.24, 2.45) is 7.05 Å². The average Bonchev–Trinajstić information content (AvgIpc) is 2.74. The van der Waals surface area contributed by atoms with Crippen LogP contribution >= 0.6 is 15.9 Å². The molecule has 0 aliphatic rings. The molecule has 18 heavy (non-hydrogen) atoms. The molecular weight excluding hydrogens is 297 g/mol. The lowest BCUT2D eigenvalue weighted by atomic mass is 10.2. The van der Waals surface area contributed by atoms with Gasteiger partial charge in [-0.3, -0.25) is 0 Å². The minimum Gasteiger partial charge on any atom is -0.365 e. The Kier molecular flexibility index (Phi) is 4.01. The van der Waals surface area contributed by atoms with E-state index < -0.39 is 0 Å². The van der Waals surface area contributed by atoms with Gasteiger partial charge in [0.1, 0.15) is 11.6 Å². The van der Waals surface area contributed by atoms with E-state index in [9.17, 15) is 4.39 Å². The van der Waals surface area contributed by atoms with Gasteiger partial charge >= 0.3 is 0 Å². The Morgan fingerprint density at radius 2 is 2.22 bits per heavy atom. The van der Waals surface area contributed by atoms with Crippen LogP contribution in [0.15, 0.2) is 30.6 Å². The molecule has 1 heterocycles. The number of anilines is 1. The van der Waals surface area contributed by atoms with E-state index >= 15 is 0 Å². The van der Waals surface area contributed by atoms with Crippen LogP contribution in [0.25, 0.3) is 0 Å². The van der Waals surface area contributed by atoms with Crippen molar-refractivity contribution in [1.82, 2.24) is 9.55 Å². The maximum atomic E-state index is 13.9. The Hall–Kier alpha value is -1.36. The van der Waals surface area contributed by atoms with Gasteiger partial charge in [-0.05, 0) is 11.6 Å². The summed E-state index contributed by atoms with van der Waals surface area (Å²) in [5.41, 5.74) is 1.56. The molecule has 0 aliphatic carbocycles. The van der Waals surface area contributed by atoms with Crippen molar-refractivity contribution in [2.75, 3.05) is 11.9 Å². The van der Waals surface area contributed by atoms with Gasteiger partial charge in [0.05, 0.1) is 12.2 Å². The first-order chi connectivity index (χ1) is 8.63. The molecule has 0 saturated heterocycles. The zero-order chi connectivity index (χ0) is 13.1. The van der Waals surface area contributed by atoms with Crippen molar-refractivity contribution in [3.8, 4) is 0 Å². The van der Waals surface area contributed by atoms with E-state index in [1.165, 1.54) is 6.07 Å². The SMILES string of the molecule is CN(Cc1nccn1C)c1c(F)cccc1CBr. The molecule has 96 valence electrons. The van der Waals surface area contributed by atoms with Crippen molar-refractivity contribution in [1.29, 1.82) is 0 Å². The van der Waals surface area contributed by atoms with E-state index in [2.05, 4.69) is 20.9 Å². The lowest BCUT2D eigenvalue weighted by Crippen LogP contribution is -2.21. The first-order valence-electron chi connectivity index (χ1n) is 5.64. The lowest BCUT2D eigenvalue weighted by Gasteiger charge is -2.22. The highest BCUT2D eigenvalue weighted by molar-refractivity contribution is 9.08. The minimum absolute atomic E-state index is 0.205. The number of imidazole rings is 1. The molecule has 0 aliphatic heterocycles. The summed E-state index contributed by atoms with van der Waals surface area (Å²) in [5.74, 6) is 0.699. The second-order valence-electron chi connectivity index (χ2n) is 4.19. The summed E-state index contributed by atoms with van der Waals surface area (Å²) in [6.07, 6.45) is 3.63. The molecule has 0 atom stereocenters. The third kappa shape index (κ3) is 2.56. The van der Waals surface area contributed by atoms with E-state index in [1.807, 2.05) is 35.8 Å². The number of aryl methyl sites for hydroxylation is 1. The summed E-state index contributed by atoms with van der Waals surface area (Å²) in [7, 11) is 3.81. The molecule has 0 amide bonds. The maximum Gasteiger partial charge on any atom is 0.146 e. The van der Waals surface area contributed by atoms with Crippen LogP contribution in [0.4, 0.5) is 10.1 Å². The van der Waals surface area contributed by atoms with Crippen LogP contribution in [0.5, 0.6) is 0 Å². The monoisotopic (exact) mass is 311 g/mol. The van der Waals surface area contributed by atoms with E-state index in [4.69, 9.17) is 0 Å². The topological polar surface area (TPSA) is 21.1 Å². The number of nitrogens with zero attached hydrogens (tertiary/aromatic N) is 3. The second-order valence-corrected chi connectivity index (χ2v) is 4.75. The van der Waals surface area contributed by atoms with Gasteiger partial charge in [-0.15, -0.1) is 0 Å². The third-order valence-corrected chi connectivity index (χ3v) is 3.50. The fourth-order valence-electron chi connectivity index (χ4n) is 1.94. The summed E-state index contributed by atoms with van der Waals surface area (Å²) >= 11 is 3.39. The van der Waals surface area contributed by atoms with Crippen molar-refractivity contribution in [2.45, 2.75) is 11.9 Å². The quantitative estimate of drug-likeness (QED) is 0.809. The van der Waals surface area contributed by atoms with Gasteiger partial charge in [0, 0.05) is 31.8 Å². The molecule has 2 aromatic rings. The molecule has 0 spiro atoms. The van der Waals surface area contributed by atoms with E-state index in [0.717, 1.165) is 11.4 Å². The number of benzene rings is 1. The highest BCUT2D eigenvalue weighted by Gasteiger charge is 2.13. The molecule has 1 aromatic carbocycles. The molecule has 0 N–H and O–H groups in total. The van der Waals surface area contributed by atoms with Crippen molar-refractivity contribution < 1.29 is 4.39 Å². The molecule has 5 heteroatoms. The number of aromatic nitrogens is 2. The molecule has 3 nitrogen and oxygen atoms in total. The van der Waals surface area contributed by atoms with Crippen LogP contribution in [0.1, 0.15) is 11.4 Å². The van der Waals surface area contributed by atoms with Crippen LogP contribution in [0, 0.1) is 5.82 Å². The molecule has 2 rings (SSSR count). The van der Waals surface area contributed by atoms with Crippen LogP contribution in [-0.4, -0.2) is 16.6 Å². The van der Waals surface area contributed by atoms with Crippen LogP contribution in [0.2, 0.25) is 0 Å². The summed E-state index contributed by atoms with van der Waals surface area (Å²) in [6, 6.07) is 5.13. The van der Waals surface area contributed by atoms with Crippen molar-refractivity contribution in [3.05, 3.63) is 47.8 Å². The minimum atomic E-state index is -0.205. The smallest absolute Gasteiger partial charge is 0.146 e. The number of hydrogen-bond acceptors (Lipinski definition) is 2. The molecule has 0 bridgehead atoms. The zero-order valence-corrected chi connectivity index (χ0v) is 12.0. The van der Waals surface area contributed by atoms with Gasteiger partial charge in [0.25, 0.3) is 0 Å². The largest absolute Gasteiger partial charge is 0.365 e. The lowest BCUT2D eigenvalue weighted by molar-refractivity contribution is 0.618. The van der Waals surface area contributed by atoms with Crippen LogP contribution in [0.3, 0.4) is 0 Å². The Balaban J connectivity index is 2.29. The van der Waals surface area contributed by atoms with Gasteiger partial charge in [-0.1, -0.05) is 28.1 Å². The second kappa shape index (κ2) is 5.52. The van der Waals surface area contributed by atoms with Gasteiger partial charge < -0.3 is 9.47 Å². The number of alkyl halides is 1. The van der Waals surface area contributed by atoms with Crippen LogP contribution < -0.4 is 4.90 Å². The van der Waals surface area contributed by atoms with E-state index in [0.29, 0.717) is 17.6 Å². The van der Waals surface area contributed by atoms with E-state index in [1.54, 1.807) is 12.3 Å². The maximum absolute atomic E-state index is 13.9. The van der Waals surface area contributed by atoms with Crippen molar-refractivity contribution >= 4 is 21.6 Å². The van der Waals surface area contributed by atoms with Gasteiger partial charge in [0.15, 0.2) is 0 Å². The molecule has 0 radical (unpaired) electrons. The summed E-state index contributed by atoms with van der Waals surface area (Å²) in [5, 5.41) is 0.630. The average molecular weight is 312 g/mol. The Morgan fingerprint density at radius 3 is 2.83 bits per heavy atom. The first-order valence-corrected chi connectivity index (χ1v) is 6.76. The normalized spacial score (nSPS) is 10.7. The predicted molar refractivity (Wildman–Crippen MR) is 74.3 cm³/mol. The predicted octanol–water partition coefficient (Wildman–Crippen LogP) is 3.09. The Morgan fingerprint density at radius 1 is 1.44 bits per heavy atom. The third-order valence-electron chi connectivity index (χ3n) is 2.90. The van der Waals surface area contributed by atoms with Gasteiger partial charge in [0.2, 0.25) is 0 Å². The fraction of sp³-hybridized carbons (Fsp3) is 0.308. The summed E-state index contributed by atoms with van der Waals surface area (Å²) in [6.45, 7) is 0.574. The molecule has 0 fully saturated rings. The number of rotatable bonds is 4. The van der Waals surface area contributed by atoms with Crippen LogP contribution in [-0.2, 0) is 18.9 Å². The summed E-state index contributed by atoms with van der Waals surface area (Å²) in [4.78, 5) is 6.14. The highest BCUT2D eigenvalue weighted by Crippen LogP contribution is 2.26. The molecule has 0 saturated carbocycles. The number of halogens is 2. The molecule has 1 aromatic heterocycles. The number of para-hydroxylation sites is 1. The van der Waals surface area contributed by atoms with Gasteiger partial charge in [-0.25, -0.2) is 9.37 Å². The zero-order valence-electron chi connectivity index (χ0n) is 10.4. The van der Waals surface area contributed by atoms with Crippen molar-refractivity contribution in [3.63, 3.8) is 0 Å². The summed E-state index contributed by atoms with van der Waals surface area (Å²) < 4.78 is 15.9. The fourth-order valence-corrected chi connectivity index (χ4v) is 2.39. The first kappa shape index (κ1) is 13.1. The highest BCUT2D eigenvalue weighted by atomic mass is 79.9. The van der Waals surface area contributed by atoms with Gasteiger partial charge in [-0.2, -0.15) is 0 Å². The standard InChI is InChI=1S/C13H15BrFN3/c1-17-7-6-16-12(17)9-18(2)13-10(8-14)4-3-5-11(13)15/h3-7H,8-9H2,1-2H3. The Bertz CT molecular complexity index is 539. The molecule has 0 unspecified atom stereocenters.